The molecule has 1 fully saturated rings. The highest BCUT2D eigenvalue weighted by Gasteiger charge is 2.36. The molecule has 0 aromatic heterocycles. The van der Waals surface area contributed by atoms with Crippen LogP contribution < -0.4 is 5.32 Å². The number of fused-ring (bicyclic) bond motifs is 1. The van der Waals surface area contributed by atoms with E-state index in [1.807, 2.05) is 19.1 Å². The van der Waals surface area contributed by atoms with Gasteiger partial charge in [-0.2, -0.15) is 0 Å². The summed E-state index contributed by atoms with van der Waals surface area (Å²) in [6, 6.07) is 10.4. The molecule has 1 aliphatic rings. The quantitative estimate of drug-likeness (QED) is 0.852. The predicted molar refractivity (Wildman–Crippen MR) is 100 cm³/mol. The lowest BCUT2D eigenvalue weighted by atomic mass is 9.84. The Labute approximate surface area is 152 Å². The van der Waals surface area contributed by atoms with E-state index in [1.54, 1.807) is 29.2 Å². The van der Waals surface area contributed by atoms with Gasteiger partial charge < -0.3 is 10.2 Å². The van der Waals surface area contributed by atoms with E-state index in [0.29, 0.717) is 31.3 Å². The fourth-order valence-electron chi connectivity index (χ4n) is 3.59. The van der Waals surface area contributed by atoms with Crippen LogP contribution in [0.3, 0.4) is 0 Å². The molecule has 1 heterocycles. The van der Waals surface area contributed by atoms with E-state index in [0.717, 1.165) is 11.8 Å². The molecular formula is C21H23FN2O2. The number of carbonyl (C=O) groups excluding carboxylic acids is 2. The van der Waals surface area contributed by atoms with Crippen molar-refractivity contribution in [2.24, 2.45) is 0 Å². The van der Waals surface area contributed by atoms with Crippen LogP contribution >= 0.6 is 0 Å². The normalized spacial score (nSPS) is 16.3. The first-order chi connectivity index (χ1) is 12.5. The maximum Gasteiger partial charge on any atom is 0.256 e. The zero-order chi connectivity index (χ0) is 18.7. The van der Waals surface area contributed by atoms with Crippen molar-refractivity contribution in [3.8, 4) is 0 Å². The zero-order valence-corrected chi connectivity index (χ0v) is 14.9. The molecule has 4 nitrogen and oxygen atoms in total. The summed E-state index contributed by atoms with van der Waals surface area (Å²) < 4.78 is 14.8. The highest BCUT2D eigenvalue weighted by atomic mass is 19.1. The summed E-state index contributed by atoms with van der Waals surface area (Å²) in [5, 5.41) is 4.23. The van der Waals surface area contributed by atoms with Gasteiger partial charge in [0.15, 0.2) is 0 Å². The molecule has 3 rings (SSSR count). The van der Waals surface area contributed by atoms with Crippen molar-refractivity contribution in [1.29, 1.82) is 0 Å². The number of benzene rings is 2. The summed E-state index contributed by atoms with van der Waals surface area (Å²) in [6.45, 7) is 6.47. The first-order valence-electron chi connectivity index (χ1n) is 8.91. The van der Waals surface area contributed by atoms with Gasteiger partial charge in [0.1, 0.15) is 5.82 Å². The van der Waals surface area contributed by atoms with Crippen LogP contribution in [0.25, 0.3) is 10.8 Å². The Kier molecular flexibility index (Phi) is 5.07. The zero-order valence-electron chi connectivity index (χ0n) is 14.9. The van der Waals surface area contributed by atoms with Gasteiger partial charge >= 0.3 is 0 Å². The number of hydrogen-bond acceptors (Lipinski definition) is 2. The minimum atomic E-state index is -0.472. The first-order valence-corrected chi connectivity index (χ1v) is 8.91. The highest BCUT2D eigenvalue weighted by Crippen LogP contribution is 2.28. The maximum absolute atomic E-state index is 14.8. The van der Waals surface area contributed by atoms with Crippen molar-refractivity contribution in [3.63, 3.8) is 0 Å². The van der Waals surface area contributed by atoms with Gasteiger partial charge in [-0.3, -0.25) is 9.59 Å². The van der Waals surface area contributed by atoms with Crippen LogP contribution in [0.1, 0.15) is 36.5 Å². The molecule has 0 unspecified atom stereocenters. The Balaban J connectivity index is 1.77. The molecule has 26 heavy (non-hydrogen) atoms. The van der Waals surface area contributed by atoms with Crippen LogP contribution in [-0.4, -0.2) is 35.3 Å². The summed E-state index contributed by atoms with van der Waals surface area (Å²) in [5.41, 5.74) is -0.230. The fourth-order valence-corrected chi connectivity index (χ4v) is 3.59. The lowest BCUT2D eigenvalue weighted by Gasteiger charge is -2.41. The van der Waals surface area contributed by atoms with Gasteiger partial charge in [0.05, 0.1) is 5.56 Å². The van der Waals surface area contributed by atoms with Gasteiger partial charge in [-0.25, -0.2) is 4.39 Å². The van der Waals surface area contributed by atoms with Crippen molar-refractivity contribution in [2.45, 2.75) is 31.7 Å². The molecule has 0 aliphatic carbocycles. The summed E-state index contributed by atoms with van der Waals surface area (Å²) in [4.78, 5) is 26.2. The molecule has 0 bridgehead atoms. The Morgan fingerprint density at radius 3 is 2.58 bits per heavy atom. The average Bonchev–Trinajstić information content (AvgIpc) is 2.68. The standard InChI is InChI=1S/C21H23FN2O2/c1-3-18(25)23-21(4-2)11-13-24(14-12-21)20(26)17-10-9-15-7-5-6-8-16(15)19(17)22/h3,5-10H,1,4,11-14H2,2H3,(H,23,25). The molecule has 2 aromatic carbocycles. The van der Waals surface area contributed by atoms with Crippen LogP contribution in [0.4, 0.5) is 4.39 Å². The molecule has 2 aromatic rings. The molecule has 0 spiro atoms. The highest BCUT2D eigenvalue weighted by molar-refractivity contribution is 5.99. The van der Waals surface area contributed by atoms with E-state index in [2.05, 4.69) is 11.9 Å². The second-order valence-corrected chi connectivity index (χ2v) is 6.77. The van der Waals surface area contributed by atoms with Crippen LogP contribution in [0, 0.1) is 5.82 Å². The number of nitrogens with zero attached hydrogens (tertiary/aromatic N) is 1. The molecule has 0 radical (unpaired) electrons. The van der Waals surface area contributed by atoms with Gasteiger partial charge in [0, 0.05) is 24.0 Å². The Morgan fingerprint density at radius 2 is 1.92 bits per heavy atom. The van der Waals surface area contributed by atoms with E-state index in [1.165, 1.54) is 6.08 Å². The lowest BCUT2D eigenvalue weighted by Crippen LogP contribution is -2.55. The van der Waals surface area contributed by atoms with E-state index in [4.69, 9.17) is 0 Å². The second-order valence-electron chi connectivity index (χ2n) is 6.77. The van der Waals surface area contributed by atoms with Crippen molar-refractivity contribution in [3.05, 3.63) is 60.4 Å². The third-order valence-corrected chi connectivity index (χ3v) is 5.35. The van der Waals surface area contributed by atoms with Gasteiger partial charge in [-0.05, 0) is 36.8 Å². The van der Waals surface area contributed by atoms with Crippen LogP contribution in [-0.2, 0) is 4.79 Å². The summed E-state index contributed by atoms with van der Waals surface area (Å²) in [7, 11) is 0. The molecule has 1 aliphatic heterocycles. The summed E-state index contributed by atoms with van der Waals surface area (Å²) in [5.74, 6) is -0.972. The summed E-state index contributed by atoms with van der Waals surface area (Å²) in [6.07, 6.45) is 3.33. The number of halogens is 1. The number of nitrogens with one attached hydrogen (secondary N) is 1. The minimum Gasteiger partial charge on any atom is -0.347 e. The SMILES string of the molecule is C=CC(=O)NC1(CC)CCN(C(=O)c2ccc3ccccc3c2F)CC1. The number of amides is 2. The second kappa shape index (κ2) is 7.28. The number of rotatable bonds is 4. The van der Waals surface area contributed by atoms with Gasteiger partial charge in [-0.15, -0.1) is 0 Å². The van der Waals surface area contributed by atoms with Crippen LogP contribution in [0.15, 0.2) is 49.1 Å². The minimum absolute atomic E-state index is 0.0998. The van der Waals surface area contributed by atoms with E-state index < -0.39 is 5.82 Å². The lowest BCUT2D eigenvalue weighted by molar-refractivity contribution is -0.118. The van der Waals surface area contributed by atoms with Crippen molar-refractivity contribution < 1.29 is 14.0 Å². The molecule has 0 atom stereocenters. The van der Waals surface area contributed by atoms with Crippen LogP contribution in [0.2, 0.25) is 0 Å². The Hall–Kier alpha value is -2.69. The first kappa shape index (κ1) is 18.1. The van der Waals surface area contributed by atoms with Crippen LogP contribution in [0.5, 0.6) is 0 Å². The topological polar surface area (TPSA) is 49.4 Å². The van der Waals surface area contributed by atoms with Crippen molar-refractivity contribution >= 4 is 22.6 Å². The van der Waals surface area contributed by atoms with Gasteiger partial charge in [0.2, 0.25) is 5.91 Å². The van der Waals surface area contributed by atoms with E-state index in [9.17, 15) is 14.0 Å². The third kappa shape index (κ3) is 3.34. The van der Waals surface area contributed by atoms with Crippen molar-refractivity contribution in [2.75, 3.05) is 13.1 Å². The molecule has 0 saturated carbocycles. The van der Waals surface area contributed by atoms with Gasteiger partial charge in [-0.1, -0.05) is 43.8 Å². The fraction of sp³-hybridized carbons (Fsp3) is 0.333. The van der Waals surface area contributed by atoms with E-state index in [-0.39, 0.29) is 22.9 Å². The summed E-state index contributed by atoms with van der Waals surface area (Å²) >= 11 is 0. The molecular weight excluding hydrogens is 331 g/mol. The predicted octanol–water partition coefficient (Wildman–Crippen LogP) is 3.67. The number of carbonyl (C=O) groups is 2. The van der Waals surface area contributed by atoms with E-state index >= 15 is 0 Å². The number of piperidine rings is 1. The number of hydrogen-bond donors (Lipinski definition) is 1. The maximum atomic E-state index is 14.8. The molecule has 1 N–H and O–H groups in total. The van der Waals surface area contributed by atoms with Gasteiger partial charge in [0.25, 0.3) is 5.91 Å². The third-order valence-electron chi connectivity index (χ3n) is 5.35. The smallest absolute Gasteiger partial charge is 0.256 e. The molecule has 2 amide bonds. The Morgan fingerprint density at radius 1 is 1.23 bits per heavy atom. The van der Waals surface area contributed by atoms with Crippen molar-refractivity contribution in [1.82, 2.24) is 10.2 Å². The molecule has 136 valence electrons. The monoisotopic (exact) mass is 354 g/mol. The largest absolute Gasteiger partial charge is 0.347 e. The average molecular weight is 354 g/mol. The Bertz CT molecular complexity index is 854. The molecule has 5 heteroatoms. The number of likely N-dealkylation sites (tertiary alicyclic amines) is 1. The molecule has 1 saturated heterocycles.